The maximum absolute atomic E-state index is 12.6. The summed E-state index contributed by atoms with van der Waals surface area (Å²) in [4.78, 5) is 25.1. The first kappa shape index (κ1) is 12.1. The first-order chi connectivity index (χ1) is 7.54. The van der Waals surface area contributed by atoms with Crippen LogP contribution < -0.4 is 5.32 Å². The van der Waals surface area contributed by atoms with E-state index in [4.69, 9.17) is 10.2 Å². The number of nitrogens with one attached hydrogen (secondary N) is 1. The summed E-state index contributed by atoms with van der Waals surface area (Å²) >= 11 is 0. The number of carbonyl (C=O) groups is 2. The van der Waals surface area contributed by atoms with Gasteiger partial charge < -0.3 is 15.5 Å². The van der Waals surface area contributed by atoms with E-state index in [1.807, 2.05) is 5.32 Å². The van der Waals surface area contributed by atoms with Crippen LogP contribution in [0.4, 0.5) is 4.39 Å². The number of carbonyl (C=O) groups excluding carboxylic acids is 1. The highest BCUT2D eigenvalue weighted by Crippen LogP contribution is 2.00. The van der Waals surface area contributed by atoms with E-state index in [0.29, 0.717) is 0 Å². The van der Waals surface area contributed by atoms with Crippen molar-refractivity contribution in [2.24, 2.45) is 0 Å². The fourth-order valence-corrected chi connectivity index (χ4v) is 0.971. The van der Waals surface area contributed by atoms with Crippen molar-refractivity contribution in [1.29, 1.82) is 0 Å². The number of aliphatic hydroxyl groups is 1. The summed E-state index contributed by atoms with van der Waals surface area (Å²) in [7, 11) is 0. The SMILES string of the molecule is O=C(NC(CO)C(=O)O)c1ccnc(F)c1. The van der Waals surface area contributed by atoms with Gasteiger partial charge in [-0.2, -0.15) is 4.39 Å². The van der Waals surface area contributed by atoms with Gasteiger partial charge in [-0.15, -0.1) is 0 Å². The number of carboxylic acids is 1. The van der Waals surface area contributed by atoms with Crippen molar-refractivity contribution in [3.8, 4) is 0 Å². The zero-order chi connectivity index (χ0) is 12.1. The van der Waals surface area contributed by atoms with Gasteiger partial charge in [-0.1, -0.05) is 0 Å². The van der Waals surface area contributed by atoms with Crippen LogP contribution in [0.5, 0.6) is 0 Å². The van der Waals surface area contributed by atoms with Crippen LogP contribution in [0.3, 0.4) is 0 Å². The van der Waals surface area contributed by atoms with Gasteiger partial charge in [0.25, 0.3) is 5.91 Å². The summed E-state index contributed by atoms with van der Waals surface area (Å²) in [5, 5.41) is 19.3. The summed E-state index contributed by atoms with van der Waals surface area (Å²) in [6, 6.07) is 0.684. The first-order valence-corrected chi connectivity index (χ1v) is 4.30. The Morgan fingerprint density at radius 2 is 2.25 bits per heavy atom. The Bertz CT molecular complexity index is 410. The normalized spacial score (nSPS) is 11.9. The lowest BCUT2D eigenvalue weighted by atomic mass is 10.2. The van der Waals surface area contributed by atoms with Crippen LogP contribution in [0.25, 0.3) is 0 Å². The third-order valence-electron chi connectivity index (χ3n) is 1.77. The van der Waals surface area contributed by atoms with E-state index >= 15 is 0 Å². The van der Waals surface area contributed by atoms with Gasteiger partial charge in [0.2, 0.25) is 5.95 Å². The molecule has 1 amide bonds. The van der Waals surface area contributed by atoms with E-state index in [1.165, 1.54) is 6.07 Å². The Morgan fingerprint density at radius 1 is 1.56 bits per heavy atom. The predicted molar refractivity (Wildman–Crippen MR) is 50.2 cm³/mol. The van der Waals surface area contributed by atoms with Gasteiger partial charge in [-0.25, -0.2) is 9.78 Å². The molecule has 16 heavy (non-hydrogen) atoms. The maximum Gasteiger partial charge on any atom is 0.328 e. The lowest BCUT2D eigenvalue weighted by Crippen LogP contribution is -2.43. The van der Waals surface area contributed by atoms with Crippen molar-refractivity contribution < 1.29 is 24.2 Å². The lowest BCUT2D eigenvalue weighted by Gasteiger charge is -2.11. The number of hydrogen-bond donors (Lipinski definition) is 3. The van der Waals surface area contributed by atoms with E-state index in [9.17, 15) is 14.0 Å². The molecular weight excluding hydrogens is 219 g/mol. The molecule has 0 aliphatic rings. The summed E-state index contributed by atoms with van der Waals surface area (Å²) in [5.41, 5.74) is -0.0628. The van der Waals surface area contributed by atoms with Gasteiger partial charge in [-0.05, 0) is 6.07 Å². The van der Waals surface area contributed by atoms with Gasteiger partial charge in [0, 0.05) is 17.8 Å². The molecule has 86 valence electrons. The molecule has 1 unspecified atom stereocenters. The van der Waals surface area contributed by atoms with Crippen LogP contribution in [0, 0.1) is 5.95 Å². The van der Waals surface area contributed by atoms with Crippen molar-refractivity contribution in [2.75, 3.05) is 6.61 Å². The average molecular weight is 228 g/mol. The number of halogens is 1. The molecule has 6 nitrogen and oxygen atoms in total. The minimum Gasteiger partial charge on any atom is -0.480 e. The van der Waals surface area contributed by atoms with Crippen LogP contribution >= 0.6 is 0 Å². The zero-order valence-corrected chi connectivity index (χ0v) is 8.05. The second kappa shape index (κ2) is 5.17. The molecule has 0 fully saturated rings. The number of rotatable bonds is 4. The Kier molecular flexibility index (Phi) is 3.90. The molecule has 0 spiro atoms. The number of aliphatic hydroxyl groups excluding tert-OH is 1. The van der Waals surface area contributed by atoms with Crippen molar-refractivity contribution in [2.45, 2.75) is 6.04 Å². The molecule has 0 aromatic carbocycles. The molecule has 1 heterocycles. The average Bonchev–Trinajstić information content (AvgIpc) is 2.25. The van der Waals surface area contributed by atoms with Crippen LogP contribution in [0.2, 0.25) is 0 Å². The van der Waals surface area contributed by atoms with E-state index in [0.717, 1.165) is 12.3 Å². The van der Waals surface area contributed by atoms with Gasteiger partial charge >= 0.3 is 5.97 Å². The Morgan fingerprint density at radius 3 is 2.75 bits per heavy atom. The second-order valence-corrected chi connectivity index (χ2v) is 2.91. The van der Waals surface area contributed by atoms with E-state index in [-0.39, 0.29) is 5.56 Å². The minimum atomic E-state index is -1.41. The standard InChI is InChI=1S/C9H9FN2O4/c10-7-3-5(1-2-11-7)8(14)12-6(4-13)9(15)16/h1-3,6,13H,4H2,(H,12,14)(H,15,16). The van der Waals surface area contributed by atoms with E-state index < -0.39 is 30.5 Å². The number of carboxylic acid groups (broad SMARTS) is 1. The molecule has 0 aliphatic heterocycles. The highest BCUT2D eigenvalue weighted by molar-refractivity contribution is 5.96. The smallest absolute Gasteiger partial charge is 0.328 e. The second-order valence-electron chi connectivity index (χ2n) is 2.91. The molecule has 3 N–H and O–H groups in total. The van der Waals surface area contributed by atoms with Gasteiger partial charge in [0.05, 0.1) is 6.61 Å². The quantitative estimate of drug-likeness (QED) is 0.597. The Hall–Kier alpha value is -2.02. The molecule has 1 rings (SSSR count). The lowest BCUT2D eigenvalue weighted by molar-refractivity contribution is -0.140. The van der Waals surface area contributed by atoms with Crippen molar-refractivity contribution >= 4 is 11.9 Å². The molecule has 1 aromatic rings. The molecule has 0 aliphatic carbocycles. The van der Waals surface area contributed by atoms with E-state index in [2.05, 4.69) is 4.98 Å². The summed E-state index contributed by atoms with van der Waals surface area (Å²) in [6.45, 7) is -0.741. The van der Waals surface area contributed by atoms with Crippen LogP contribution in [0.15, 0.2) is 18.3 Å². The van der Waals surface area contributed by atoms with Gasteiger partial charge in [-0.3, -0.25) is 4.79 Å². The molecule has 0 saturated heterocycles. The van der Waals surface area contributed by atoms with Crippen molar-refractivity contribution in [1.82, 2.24) is 10.3 Å². The molecular formula is C9H9FN2O4. The zero-order valence-electron chi connectivity index (χ0n) is 8.05. The number of aromatic nitrogens is 1. The number of pyridine rings is 1. The summed E-state index contributed by atoms with van der Waals surface area (Å²) in [5.74, 6) is -3.00. The first-order valence-electron chi connectivity index (χ1n) is 4.30. The Balaban J connectivity index is 2.75. The monoisotopic (exact) mass is 228 g/mol. The molecule has 0 bridgehead atoms. The van der Waals surface area contributed by atoms with Crippen LogP contribution in [-0.2, 0) is 4.79 Å². The van der Waals surface area contributed by atoms with E-state index in [1.54, 1.807) is 0 Å². The van der Waals surface area contributed by atoms with Crippen molar-refractivity contribution in [3.05, 3.63) is 29.8 Å². The summed E-state index contributed by atoms with van der Waals surface area (Å²) in [6.07, 6.45) is 1.08. The molecule has 0 radical (unpaired) electrons. The van der Waals surface area contributed by atoms with Crippen molar-refractivity contribution in [3.63, 3.8) is 0 Å². The van der Waals surface area contributed by atoms with Gasteiger partial charge in [0.15, 0.2) is 6.04 Å². The fourth-order valence-electron chi connectivity index (χ4n) is 0.971. The van der Waals surface area contributed by atoms with Crippen LogP contribution in [0.1, 0.15) is 10.4 Å². The summed E-state index contributed by atoms with van der Waals surface area (Å²) < 4.78 is 12.6. The maximum atomic E-state index is 12.6. The highest BCUT2D eigenvalue weighted by atomic mass is 19.1. The third kappa shape index (κ3) is 2.99. The largest absolute Gasteiger partial charge is 0.480 e. The topological polar surface area (TPSA) is 99.5 Å². The van der Waals surface area contributed by atoms with Crippen LogP contribution in [-0.4, -0.2) is 39.7 Å². The number of hydrogen-bond acceptors (Lipinski definition) is 4. The number of amides is 1. The molecule has 1 aromatic heterocycles. The highest BCUT2D eigenvalue weighted by Gasteiger charge is 2.19. The number of aliphatic carboxylic acids is 1. The number of nitrogens with zero attached hydrogens (tertiary/aromatic N) is 1. The van der Waals surface area contributed by atoms with Gasteiger partial charge in [0.1, 0.15) is 0 Å². The molecule has 7 heteroatoms. The fraction of sp³-hybridized carbons (Fsp3) is 0.222. The third-order valence-corrected chi connectivity index (χ3v) is 1.77. The minimum absolute atomic E-state index is 0.0628. The predicted octanol–water partition coefficient (Wildman–Crippen LogP) is -0.604. The Labute approximate surface area is 89.7 Å². The molecule has 1 atom stereocenters. The molecule has 0 saturated carbocycles.